The minimum Gasteiger partial charge on any atom is -0.477 e. The quantitative estimate of drug-likeness (QED) is 0.843. The zero-order chi connectivity index (χ0) is 11.9. The molecule has 0 atom stereocenters. The number of H-pyrrole nitrogens is 1. The number of aromatic carboxylic acids is 1. The Morgan fingerprint density at radius 3 is 2.69 bits per heavy atom. The number of carbonyl (C=O) groups is 1. The summed E-state index contributed by atoms with van der Waals surface area (Å²) in [6.45, 7) is 0. The molecular weight excluding hydrogens is 281 g/mol. The van der Waals surface area contributed by atoms with Crippen LogP contribution in [0.4, 0.5) is 4.39 Å². The number of nitrogens with one attached hydrogen (secondary N) is 1. The molecule has 0 radical (unpaired) electrons. The first kappa shape index (κ1) is 10.8. The highest BCUT2D eigenvalue weighted by molar-refractivity contribution is 9.10. The molecule has 16 heavy (non-hydrogen) atoms. The van der Waals surface area contributed by atoms with Gasteiger partial charge in [0.15, 0.2) is 0 Å². The molecule has 1 heterocycles. The molecule has 1 aromatic carbocycles. The molecule has 6 heteroatoms. The van der Waals surface area contributed by atoms with Gasteiger partial charge in [0.05, 0.1) is 9.99 Å². The van der Waals surface area contributed by atoms with Crippen LogP contribution < -0.4 is 5.56 Å². The smallest absolute Gasteiger partial charge is 0.341 e. The van der Waals surface area contributed by atoms with Crippen molar-refractivity contribution < 1.29 is 14.3 Å². The second-order valence-electron chi connectivity index (χ2n) is 3.17. The Labute approximate surface area is 96.8 Å². The van der Waals surface area contributed by atoms with Crippen LogP contribution in [0.15, 0.2) is 27.5 Å². The topological polar surface area (TPSA) is 70.2 Å². The molecule has 0 saturated carbocycles. The van der Waals surface area contributed by atoms with Gasteiger partial charge in [-0.1, -0.05) is 0 Å². The summed E-state index contributed by atoms with van der Waals surface area (Å²) in [6, 6.07) is 3.75. The molecule has 0 spiro atoms. The molecule has 0 aliphatic rings. The van der Waals surface area contributed by atoms with E-state index in [0.29, 0.717) is 5.39 Å². The molecule has 2 rings (SSSR count). The number of carboxylic acids is 1. The molecule has 0 bridgehead atoms. The van der Waals surface area contributed by atoms with E-state index in [0.717, 1.165) is 6.07 Å². The molecule has 4 nitrogen and oxygen atoms in total. The Morgan fingerprint density at radius 1 is 1.38 bits per heavy atom. The summed E-state index contributed by atoms with van der Waals surface area (Å²) in [4.78, 5) is 24.3. The van der Waals surface area contributed by atoms with Gasteiger partial charge >= 0.3 is 5.97 Å². The third-order valence-corrected chi connectivity index (χ3v) is 2.72. The summed E-state index contributed by atoms with van der Waals surface area (Å²) < 4.78 is 13.4. The van der Waals surface area contributed by atoms with Crippen LogP contribution in [-0.2, 0) is 0 Å². The summed E-state index contributed by atoms with van der Waals surface area (Å²) >= 11 is 2.98. The maximum Gasteiger partial charge on any atom is 0.341 e. The van der Waals surface area contributed by atoms with Gasteiger partial charge in [-0.2, -0.15) is 0 Å². The van der Waals surface area contributed by atoms with E-state index in [-0.39, 0.29) is 15.6 Å². The third-order valence-electron chi connectivity index (χ3n) is 2.12. The van der Waals surface area contributed by atoms with E-state index in [4.69, 9.17) is 5.11 Å². The third kappa shape index (κ3) is 1.71. The SMILES string of the molecule is O=C(O)c1cc2cc(Br)c(F)cc2[nH]c1=O. The van der Waals surface area contributed by atoms with Gasteiger partial charge in [0, 0.05) is 5.39 Å². The molecule has 2 N–H and O–H groups in total. The van der Waals surface area contributed by atoms with Gasteiger partial charge in [-0.25, -0.2) is 9.18 Å². The number of rotatable bonds is 1. The lowest BCUT2D eigenvalue weighted by atomic mass is 10.1. The number of pyridine rings is 1. The number of aromatic amines is 1. The monoisotopic (exact) mass is 285 g/mol. The fourth-order valence-corrected chi connectivity index (χ4v) is 1.72. The Balaban J connectivity index is 2.85. The van der Waals surface area contributed by atoms with Gasteiger partial charge in [-0.3, -0.25) is 4.79 Å². The van der Waals surface area contributed by atoms with Crippen LogP contribution in [0.5, 0.6) is 0 Å². The van der Waals surface area contributed by atoms with Crippen LogP contribution in [0.25, 0.3) is 10.9 Å². The Hall–Kier alpha value is -1.69. The number of aromatic nitrogens is 1. The van der Waals surface area contributed by atoms with E-state index in [1.807, 2.05) is 0 Å². The van der Waals surface area contributed by atoms with Crippen molar-refractivity contribution in [3.05, 3.63) is 44.4 Å². The lowest BCUT2D eigenvalue weighted by Gasteiger charge is -2.01. The highest BCUT2D eigenvalue weighted by atomic mass is 79.9. The molecular formula is C10H5BrFNO3. The van der Waals surface area contributed by atoms with Gasteiger partial charge in [0.25, 0.3) is 5.56 Å². The molecule has 2 aromatic rings. The summed E-state index contributed by atoms with van der Waals surface area (Å²) in [7, 11) is 0. The van der Waals surface area contributed by atoms with E-state index in [1.54, 1.807) is 0 Å². The highest BCUT2D eigenvalue weighted by Gasteiger charge is 2.11. The molecule has 0 saturated heterocycles. The predicted octanol–water partition coefficient (Wildman–Crippen LogP) is 2.13. The predicted molar refractivity (Wildman–Crippen MR) is 59.2 cm³/mol. The Bertz CT molecular complexity index is 650. The van der Waals surface area contributed by atoms with Gasteiger partial charge in [-0.05, 0) is 34.1 Å². The zero-order valence-electron chi connectivity index (χ0n) is 7.75. The number of hydrogen-bond donors (Lipinski definition) is 2. The van der Waals surface area contributed by atoms with Crippen LogP contribution in [0.2, 0.25) is 0 Å². The lowest BCUT2D eigenvalue weighted by Crippen LogP contribution is -2.17. The first-order valence-corrected chi connectivity index (χ1v) is 5.03. The van der Waals surface area contributed by atoms with Crippen molar-refractivity contribution in [1.29, 1.82) is 0 Å². The van der Waals surface area contributed by atoms with E-state index < -0.39 is 17.3 Å². The van der Waals surface area contributed by atoms with Crippen molar-refractivity contribution in [2.24, 2.45) is 0 Å². The van der Waals surface area contributed by atoms with Crippen LogP contribution >= 0.6 is 15.9 Å². The molecule has 0 aliphatic heterocycles. The highest BCUT2D eigenvalue weighted by Crippen LogP contribution is 2.21. The second-order valence-corrected chi connectivity index (χ2v) is 4.03. The van der Waals surface area contributed by atoms with Gasteiger partial charge in [-0.15, -0.1) is 0 Å². The van der Waals surface area contributed by atoms with Crippen molar-refractivity contribution in [2.75, 3.05) is 0 Å². The fraction of sp³-hybridized carbons (Fsp3) is 0. The first-order valence-electron chi connectivity index (χ1n) is 4.24. The van der Waals surface area contributed by atoms with Crippen LogP contribution in [0, 0.1) is 5.82 Å². The number of halogens is 2. The first-order chi connectivity index (χ1) is 7.49. The molecule has 1 aromatic heterocycles. The zero-order valence-corrected chi connectivity index (χ0v) is 9.34. The second kappa shape index (κ2) is 3.71. The standard InChI is InChI=1S/C10H5BrFNO3/c11-6-2-4-1-5(10(15)16)9(14)13-8(4)3-7(6)12/h1-3H,(H,13,14)(H,15,16). The van der Waals surface area contributed by atoms with Crippen molar-refractivity contribution >= 4 is 32.8 Å². The van der Waals surface area contributed by atoms with Crippen molar-refractivity contribution in [3.63, 3.8) is 0 Å². The largest absolute Gasteiger partial charge is 0.477 e. The van der Waals surface area contributed by atoms with E-state index in [2.05, 4.69) is 20.9 Å². The summed E-state index contributed by atoms with van der Waals surface area (Å²) in [5, 5.41) is 9.19. The summed E-state index contributed by atoms with van der Waals surface area (Å²) in [5.41, 5.74) is -0.858. The van der Waals surface area contributed by atoms with Crippen LogP contribution in [0.1, 0.15) is 10.4 Å². The molecule has 0 aliphatic carbocycles. The maximum atomic E-state index is 13.2. The number of hydrogen-bond acceptors (Lipinski definition) is 2. The van der Waals surface area contributed by atoms with Crippen molar-refractivity contribution in [2.45, 2.75) is 0 Å². The van der Waals surface area contributed by atoms with E-state index in [9.17, 15) is 14.0 Å². The van der Waals surface area contributed by atoms with E-state index >= 15 is 0 Å². The lowest BCUT2D eigenvalue weighted by molar-refractivity contribution is 0.0695. The average Bonchev–Trinajstić information content (AvgIpc) is 2.19. The summed E-state index contributed by atoms with van der Waals surface area (Å²) in [6.07, 6.45) is 0. The fourth-order valence-electron chi connectivity index (χ4n) is 1.36. The molecule has 82 valence electrons. The van der Waals surface area contributed by atoms with E-state index in [1.165, 1.54) is 12.1 Å². The van der Waals surface area contributed by atoms with Gasteiger partial charge in [0.1, 0.15) is 11.4 Å². The number of benzene rings is 1. The van der Waals surface area contributed by atoms with Crippen molar-refractivity contribution in [3.8, 4) is 0 Å². The molecule has 0 unspecified atom stereocenters. The molecule has 0 amide bonds. The van der Waals surface area contributed by atoms with Gasteiger partial charge < -0.3 is 10.1 Å². The van der Waals surface area contributed by atoms with Crippen LogP contribution in [0.3, 0.4) is 0 Å². The Morgan fingerprint density at radius 2 is 2.06 bits per heavy atom. The summed E-state index contributed by atoms with van der Waals surface area (Å²) in [5.74, 6) is -1.84. The minimum absolute atomic E-state index is 0.211. The van der Waals surface area contributed by atoms with Crippen LogP contribution in [-0.4, -0.2) is 16.1 Å². The molecule has 0 fully saturated rings. The normalized spacial score (nSPS) is 10.6. The maximum absolute atomic E-state index is 13.2. The Kier molecular flexibility index (Phi) is 2.51. The van der Waals surface area contributed by atoms with Gasteiger partial charge in [0.2, 0.25) is 0 Å². The number of carboxylic acid groups (broad SMARTS) is 1. The average molecular weight is 286 g/mol. The minimum atomic E-state index is -1.32. The number of fused-ring (bicyclic) bond motifs is 1. The van der Waals surface area contributed by atoms with Crippen molar-refractivity contribution in [1.82, 2.24) is 4.98 Å².